The van der Waals surface area contributed by atoms with Gasteiger partial charge >= 0.3 is 18.2 Å². The lowest BCUT2D eigenvalue weighted by molar-refractivity contribution is -0.142. The molecule has 2 aromatic heterocycles. The molecule has 0 atom stereocenters. The van der Waals surface area contributed by atoms with Crippen molar-refractivity contribution in [1.29, 1.82) is 0 Å². The van der Waals surface area contributed by atoms with Crippen LogP contribution in [0, 0.1) is 0 Å². The van der Waals surface area contributed by atoms with Gasteiger partial charge in [0.25, 0.3) is 0 Å². The van der Waals surface area contributed by atoms with Gasteiger partial charge in [-0.05, 0) is 40.4 Å². The first-order valence-electron chi connectivity index (χ1n) is 9.78. The van der Waals surface area contributed by atoms with Crippen molar-refractivity contribution in [2.75, 3.05) is 18.9 Å². The number of hydrogen-bond donors (Lipinski definition) is 1. The van der Waals surface area contributed by atoms with Crippen molar-refractivity contribution >= 4 is 38.9 Å². The number of carbonyl (C=O) groups is 1. The Morgan fingerprint density at radius 2 is 1.97 bits per heavy atom. The molecule has 0 saturated carbocycles. The number of nitrogens with two attached hydrogens (primary N) is 1. The summed E-state index contributed by atoms with van der Waals surface area (Å²) in [5, 5.41) is 0. The number of aromatic nitrogens is 4. The van der Waals surface area contributed by atoms with Crippen LogP contribution in [0.5, 0.6) is 6.01 Å². The van der Waals surface area contributed by atoms with E-state index in [-0.39, 0.29) is 37.2 Å². The van der Waals surface area contributed by atoms with Crippen LogP contribution in [0.3, 0.4) is 0 Å². The summed E-state index contributed by atoms with van der Waals surface area (Å²) in [7, 11) is 0. The summed E-state index contributed by atoms with van der Waals surface area (Å²) in [5.74, 6) is -0.261. The van der Waals surface area contributed by atoms with E-state index in [9.17, 15) is 18.0 Å². The molecule has 32 heavy (non-hydrogen) atoms. The highest BCUT2D eigenvalue weighted by molar-refractivity contribution is 9.10. The lowest BCUT2D eigenvalue weighted by Crippen LogP contribution is -2.11. The van der Waals surface area contributed by atoms with E-state index in [4.69, 9.17) is 15.2 Å². The van der Waals surface area contributed by atoms with Crippen LogP contribution in [-0.4, -0.2) is 44.9 Å². The van der Waals surface area contributed by atoms with E-state index < -0.39 is 12.6 Å². The molecule has 0 spiro atoms. The van der Waals surface area contributed by atoms with E-state index in [2.05, 4.69) is 30.9 Å². The Labute approximate surface area is 190 Å². The number of hydrogen-bond acceptors (Lipinski definition) is 7. The van der Waals surface area contributed by atoms with E-state index >= 15 is 0 Å². The van der Waals surface area contributed by atoms with Crippen LogP contribution < -0.4 is 10.5 Å². The Balaban J connectivity index is 1.80. The molecule has 1 aromatic carbocycles. The first kappa shape index (κ1) is 23.8. The zero-order valence-corrected chi connectivity index (χ0v) is 18.7. The zero-order valence-electron chi connectivity index (χ0n) is 17.2. The highest BCUT2D eigenvalue weighted by Crippen LogP contribution is 2.26. The molecule has 0 aliphatic heterocycles. The van der Waals surface area contributed by atoms with Crippen molar-refractivity contribution in [3.05, 3.63) is 40.1 Å². The number of halogens is 4. The summed E-state index contributed by atoms with van der Waals surface area (Å²) in [5.41, 5.74) is 8.32. The summed E-state index contributed by atoms with van der Waals surface area (Å²) in [6.45, 7) is 2.21. The normalized spacial score (nSPS) is 11.7. The predicted molar refractivity (Wildman–Crippen MR) is 114 cm³/mol. The summed E-state index contributed by atoms with van der Waals surface area (Å²) < 4.78 is 49.3. The van der Waals surface area contributed by atoms with Crippen LogP contribution in [0.1, 0.15) is 30.9 Å². The molecule has 0 aliphatic rings. The summed E-state index contributed by atoms with van der Waals surface area (Å²) in [6, 6.07) is 7.28. The molecule has 172 valence electrons. The summed E-state index contributed by atoms with van der Waals surface area (Å²) >= 11 is 3.38. The minimum atomic E-state index is -4.25. The summed E-state index contributed by atoms with van der Waals surface area (Å²) in [6.07, 6.45) is -5.28. The van der Waals surface area contributed by atoms with Crippen molar-refractivity contribution in [3.8, 4) is 6.01 Å². The maximum Gasteiger partial charge on any atom is 0.389 e. The van der Waals surface area contributed by atoms with Crippen LogP contribution in [0.2, 0.25) is 0 Å². The molecule has 8 nitrogen and oxygen atoms in total. The van der Waals surface area contributed by atoms with Gasteiger partial charge in [0.1, 0.15) is 0 Å². The number of carbonyl (C=O) groups excluding carboxylic acids is 1. The molecule has 0 aliphatic carbocycles. The van der Waals surface area contributed by atoms with Gasteiger partial charge in [-0.15, -0.1) is 0 Å². The average molecular weight is 516 g/mol. The Morgan fingerprint density at radius 1 is 1.22 bits per heavy atom. The van der Waals surface area contributed by atoms with Crippen molar-refractivity contribution in [2.45, 2.75) is 38.9 Å². The average Bonchev–Trinajstić information content (AvgIpc) is 3.01. The minimum absolute atomic E-state index is 0.0522. The fourth-order valence-corrected chi connectivity index (χ4v) is 3.49. The van der Waals surface area contributed by atoms with E-state index in [0.29, 0.717) is 29.0 Å². The number of ether oxygens (including phenoxy) is 2. The maximum absolute atomic E-state index is 12.3. The molecule has 0 saturated heterocycles. The van der Waals surface area contributed by atoms with Gasteiger partial charge in [0.05, 0.1) is 26.2 Å². The number of rotatable bonds is 9. The number of fused-ring (bicyclic) bond motifs is 1. The van der Waals surface area contributed by atoms with Crippen molar-refractivity contribution in [3.63, 3.8) is 0 Å². The lowest BCUT2D eigenvalue weighted by Gasteiger charge is -2.10. The van der Waals surface area contributed by atoms with Gasteiger partial charge in [0, 0.05) is 6.42 Å². The highest BCUT2D eigenvalue weighted by atomic mass is 79.9. The Hall–Kier alpha value is -2.89. The van der Waals surface area contributed by atoms with Crippen molar-refractivity contribution in [2.24, 2.45) is 0 Å². The molecule has 3 rings (SSSR count). The minimum Gasteiger partial charge on any atom is -0.466 e. The molecular weight excluding hydrogens is 495 g/mol. The largest absolute Gasteiger partial charge is 0.466 e. The molecule has 2 heterocycles. The van der Waals surface area contributed by atoms with Crippen LogP contribution >= 0.6 is 15.9 Å². The fourth-order valence-electron chi connectivity index (χ4n) is 3.01. The zero-order chi connectivity index (χ0) is 23.3. The topological polar surface area (TPSA) is 105 Å². The fraction of sp³-hybridized carbons (Fsp3) is 0.400. The molecule has 0 bridgehead atoms. The Bertz CT molecular complexity index is 1100. The highest BCUT2D eigenvalue weighted by Gasteiger charge is 2.26. The second-order valence-electron chi connectivity index (χ2n) is 6.90. The van der Waals surface area contributed by atoms with Gasteiger partial charge in [-0.2, -0.15) is 23.1 Å². The monoisotopic (exact) mass is 515 g/mol. The number of esters is 1. The predicted octanol–water partition coefficient (Wildman–Crippen LogP) is 4.05. The van der Waals surface area contributed by atoms with Gasteiger partial charge < -0.3 is 15.2 Å². The molecule has 2 N–H and O–H groups in total. The quantitative estimate of drug-likeness (QED) is 0.260. The van der Waals surface area contributed by atoms with Gasteiger partial charge in [-0.25, -0.2) is 4.98 Å². The second-order valence-corrected chi connectivity index (χ2v) is 7.61. The maximum atomic E-state index is 12.3. The van der Waals surface area contributed by atoms with E-state index in [1.165, 1.54) is 0 Å². The van der Waals surface area contributed by atoms with Gasteiger partial charge in [-0.3, -0.25) is 9.36 Å². The number of nitrogen functional groups attached to an aromatic ring is 1. The SMILES string of the molecule is CCOC(=O)Cc1cccc(Cn2c(Br)nc3c(N)nc(OCCCC(F)(F)F)nc32)c1. The first-order chi connectivity index (χ1) is 15.2. The molecule has 0 amide bonds. The van der Waals surface area contributed by atoms with Gasteiger partial charge in [0.2, 0.25) is 0 Å². The van der Waals surface area contributed by atoms with Crippen LogP contribution in [0.4, 0.5) is 19.0 Å². The van der Waals surface area contributed by atoms with Crippen molar-refractivity contribution in [1.82, 2.24) is 19.5 Å². The summed E-state index contributed by atoms with van der Waals surface area (Å²) in [4.78, 5) is 24.3. The first-order valence-corrected chi connectivity index (χ1v) is 10.6. The third kappa shape index (κ3) is 6.31. The standard InChI is InChI=1S/C20H21BrF3N5O3/c1-2-31-14(30)10-12-5-3-6-13(9-12)11-29-17-15(26-18(29)21)16(25)27-19(28-17)32-8-4-7-20(22,23)24/h3,5-6,9H,2,4,7-8,10-11H2,1H3,(H2,25,27,28). The van der Waals surface area contributed by atoms with Crippen LogP contribution in [-0.2, 0) is 22.5 Å². The number of benzene rings is 1. The van der Waals surface area contributed by atoms with Gasteiger partial charge in [-0.1, -0.05) is 24.3 Å². The smallest absolute Gasteiger partial charge is 0.389 e. The molecule has 3 aromatic rings. The van der Waals surface area contributed by atoms with Crippen LogP contribution in [0.25, 0.3) is 11.2 Å². The molecule has 12 heteroatoms. The molecule has 0 fully saturated rings. The Morgan fingerprint density at radius 3 is 2.69 bits per heavy atom. The van der Waals surface area contributed by atoms with E-state index in [0.717, 1.165) is 11.1 Å². The van der Waals surface area contributed by atoms with Crippen molar-refractivity contribution < 1.29 is 27.4 Å². The Kier molecular flexibility index (Phi) is 7.54. The number of anilines is 1. The molecule has 0 radical (unpaired) electrons. The van der Waals surface area contributed by atoms with E-state index in [1.54, 1.807) is 11.5 Å². The third-order valence-corrected chi connectivity index (χ3v) is 4.98. The third-order valence-electron chi connectivity index (χ3n) is 4.38. The van der Waals surface area contributed by atoms with Crippen LogP contribution in [0.15, 0.2) is 29.0 Å². The second kappa shape index (κ2) is 10.2. The lowest BCUT2D eigenvalue weighted by atomic mass is 10.1. The molecule has 0 unspecified atom stereocenters. The molecular formula is C20H21BrF3N5O3. The number of imidazole rings is 1. The number of alkyl halides is 3. The van der Waals surface area contributed by atoms with E-state index in [1.807, 2.05) is 24.3 Å². The van der Waals surface area contributed by atoms with Gasteiger partial charge in [0.15, 0.2) is 21.7 Å². The number of nitrogens with zero attached hydrogens (tertiary/aromatic N) is 4.